The Morgan fingerprint density at radius 2 is 2.00 bits per heavy atom. The fourth-order valence-corrected chi connectivity index (χ4v) is 3.35. The van der Waals surface area contributed by atoms with Crippen molar-refractivity contribution in [2.75, 3.05) is 5.32 Å². The highest BCUT2D eigenvalue weighted by Gasteiger charge is 2.24. The van der Waals surface area contributed by atoms with E-state index in [-0.39, 0.29) is 12.1 Å². The van der Waals surface area contributed by atoms with Gasteiger partial charge in [0.25, 0.3) is 0 Å². The number of nitrogens with one attached hydrogen (secondary N) is 3. The number of hydrogen-bond acceptors (Lipinski definition) is 5. The van der Waals surface area contributed by atoms with E-state index >= 15 is 0 Å². The van der Waals surface area contributed by atoms with Crippen molar-refractivity contribution in [3.05, 3.63) is 48.2 Å². The molecule has 1 aliphatic carbocycles. The summed E-state index contributed by atoms with van der Waals surface area (Å²) in [4.78, 5) is 16.7. The molecular formula is C19H22N6O2. The topological polar surface area (TPSA) is 109 Å². The van der Waals surface area contributed by atoms with Crippen LogP contribution in [0.2, 0.25) is 0 Å². The molecule has 1 saturated carbocycles. The van der Waals surface area contributed by atoms with Gasteiger partial charge >= 0.3 is 6.03 Å². The Balaban J connectivity index is 1.33. The Morgan fingerprint density at radius 1 is 1.22 bits per heavy atom. The van der Waals surface area contributed by atoms with E-state index in [4.69, 9.17) is 4.52 Å². The molecule has 8 nitrogen and oxygen atoms in total. The molecule has 1 aromatic carbocycles. The van der Waals surface area contributed by atoms with Gasteiger partial charge in [0, 0.05) is 17.8 Å². The molecule has 0 radical (unpaired) electrons. The lowest BCUT2D eigenvalue weighted by atomic mass is 10.1. The van der Waals surface area contributed by atoms with Gasteiger partial charge in [-0.15, -0.1) is 0 Å². The van der Waals surface area contributed by atoms with Crippen LogP contribution in [0.25, 0.3) is 11.3 Å². The zero-order valence-corrected chi connectivity index (χ0v) is 15.1. The van der Waals surface area contributed by atoms with Gasteiger partial charge in [0.15, 0.2) is 5.82 Å². The van der Waals surface area contributed by atoms with Crippen molar-refractivity contribution in [1.29, 1.82) is 0 Å². The second-order valence-electron chi connectivity index (χ2n) is 6.84. The van der Waals surface area contributed by atoms with Crippen molar-refractivity contribution in [2.45, 2.75) is 44.6 Å². The van der Waals surface area contributed by atoms with E-state index in [2.05, 4.69) is 31.0 Å². The normalized spacial score (nSPS) is 15.6. The summed E-state index contributed by atoms with van der Waals surface area (Å²) >= 11 is 0. The van der Waals surface area contributed by atoms with Crippen LogP contribution in [0.1, 0.15) is 56.3 Å². The number of anilines is 1. The fraction of sp³-hybridized carbons (Fsp3) is 0.368. The lowest BCUT2D eigenvalue weighted by Gasteiger charge is -2.11. The molecule has 1 atom stereocenters. The molecule has 0 aliphatic heterocycles. The van der Waals surface area contributed by atoms with Crippen molar-refractivity contribution in [3.63, 3.8) is 0 Å². The van der Waals surface area contributed by atoms with E-state index in [9.17, 15) is 4.79 Å². The predicted octanol–water partition coefficient (Wildman–Crippen LogP) is 4.00. The Morgan fingerprint density at radius 3 is 2.70 bits per heavy atom. The number of nitrogens with zero attached hydrogens (tertiary/aromatic N) is 3. The summed E-state index contributed by atoms with van der Waals surface area (Å²) in [7, 11) is 0. The number of aromatic nitrogens is 4. The number of carbonyl (C=O) groups is 1. The van der Waals surface area contributed by atoms with Gasteiger partial charge in [-0.2, -0.15) is 10.1 Å². The van der Waals surface area contributed by atoms with Gasteiger partial charge in [-0.25, -0.2) is 4.79 Å². The summed E-state index contributed by atoms with van der Waals surface area (Å²) in [5.74, 6) is 1.57. The largest absolute Gasteiger partial charge is 0.337 e. The molecule has 0 spiro atoms. The number of H-pyrrole nitrogens is 1. The molecule has 0 saturated heterocycles. The SMILES string of the molecule is C[C@H](NC(=O)Nc1ccc(-c2ccn[nH]2)cc1)c1nc(C2CCCC2)no1. The smallest absolute Gasteiger partial charge is 0.319 e. The molecule has 8 heteroatoms. The van der Waals surface area contributed by atoms with E-state index in [1.165, 1.54) is 12.8 Å². The summed E-state index contributed by atoms with van der Waals surface area (Å²) in [5, 5.41) is 16.6. The Kier molecular flexibility index (Phi) is 4.86. The van der Waals surface area contributed by atoms with E-state index in [0.717, 1.165) is 29.9 Å². The fourth-order valence-electron chi connectivity index (χ4n) is 3.35. The molecule has 3 N–H and O–H groups in total. The average molecular weight is 366 g/mol. The third-order valence-corrected chi connectivity index (χ3v) is 4.85. The van der Waals surface area contributed by atoms with Crippen LogP contribution in [0.15, 0.2) is 41.1 Å². The average Bonchev–Trinajstić information content (AvgIpc) is 3.43. The van der Waals surface area contributed by atoms with E-state index in [1.54, 1.807) is 6.20 Å². The predicted molar refractivity (Wildman–Crippen MR) is 100 cm³/mol. The first-order valence-electron chi connectivity index (χ1n) is 9.20. The quantitative estimate of drug-likeness (QED) is 0.632. The summed E-state index contributed by atoms with van der Waals surface area (Å²) in [6.07, 6.45) is 6.34. The van der Waals surface area contributed by atoms with E-state index in [1.807, 2.05) is 37.3 Å². The van der Waals surface area contributed by atoms with E-state index in [0.29, 0.717) is 17.5 Å². The van der Waals surface area contributed by atoms with Gasteiger partial charge in [-0.05, 0) is 43.5 Å². The summed E-state index contributed by atoms with van der Waals surface area (Å²) in [6, 6.07) is 8.71. The van der Waals surface area contributed by atoms with Crippen LogP contribution in [0.4, 0.5) is 10.5 Å². The van der Waals surface area contributed by atoms with Gasteiger partial charge < -0.3 is 15.2 Å². The Hall–Kier alpha value is -3.16. The number of aromatic amines is 1. The third-order valence-electron chi connectivity index (χ3n) is 4.85. The van der Waals surface area contributed by atoms with Crippen molar-refractivity contribution in [2.24, 2.45) is 0 Å². The molecule has 2 aromatic heterocycles. The molecule has 2 amide bonds. The van der Waals surface area contributed by atoms with Crippen molar-refractivity contribution in [1.82, 2.24) is 25.7 Å². The molecule has 0 unspecified atom stereocenters. The summed E-state index contributed by atoms with van der Waals surface area (Å²) < 4.78 is 5.33. The maximum atomic E-state index is 12.2. The molecular weight excluding hydrogens is 344 g/mol. The van der Waals surface area contributed by atoms with Crippen LogP contribution in [0.5, 0.6) is 0 Å². The molecule has 1 fully saturated rings. The van der Waals surface area contributed by atoms with Crippen molar-refractivity contribution in [3.8, 4) is 11.3 Å². The maximum absolute atomic E-state index is 12.2. The number of rotatable bonds is 5. The minimum atomic E-state index is -0.364. The zero-order valence-electron chi connectivity index (χ0n) is 15.1. The second-order valence-corrected chi connectivity index (χ2v) is 6.84. The third kappa shape index (κ3) is 3.99. The Bertz CT molecular complexity index is 881. The molecule has 3 aromatic rings. The van der Waals surface area contributed by atoms with Crippen LogP contribution in [-0.4, -0.2) is 26.4 Å². The first-order chi connectivity index (χ1) is 13.2. The van der Waals surface area contributed by atoms with Crippen molar-refractivity contribution >= 4 is 11.7 Å². The maximum Gasteiger partial charge on any atom is 0.319 e. The summed E-state index contributed by atoms with van der Waals surface area (Å²) in [5.41, 5.74) is 2.62. The summed E-state index contributed by atoms with van der Waals surface area (Å²) in [6.45, 7) is 1.83. The van der Waals surface area contributed by atoms with Crippen LogP contribution in [0, 0.1) is 0 Å². The lowest BCUT2D eigenvalue weighted by Crippen LogP contribution is -2.31. The highest BCUT2D eigenvalue weighted by atomic mass is 16.5. The van der Waals surface area contributed by atoms with Gasteiger partial charge in [-0.1, -0.05) is 30.1 Å². The lowest BCUT2D eigenvalue weighted by molar-refractivity contribution is 0.245. The zero-order chi connectivity index (χ0) is 18.6. The molecule has 0 bridgehead atoms. The number of hydrogen-bond donors (Lipinski definition) is 3. The first-order valence-corrected chi connectivity index (χ1v) is 9.20. The standard InChI is InChI=1S/C19H22N6O2/c1-12(18-23-17(25-27-18)14-4-2-3-5-14)21-19(26)22-15-8-6-13(7-9-15)16-10-11-20-24-16/h6-12,14H,2-5H2,1H3,(H,20,24)(H2,21,22,26)/t12-/m0/s1. The first kappa shape index (κ1) is 17.3. The van der Waals surface area contributed by atoms with Crippen molar-refractivity contribution < 1.29 is 9.32 Å². The highest BCUT2D eigenvalue weighted by molar-refractivity contribution is 5.89. The number of urea groups is 1. The minimum Gasteiger partial charge on any atom is -0.337 e. The van der Waals surface area contributed by atoms with E-state index < -0.39 is 0 Å². The monoisotopic (exact) mass is 366 g/mol. The Labute approximate surface area is 156 Å². The van der Waals surface area contributed by atoms with Gasteiger partial charge in [-0.3, -0.25) is 5.10 Å². The number of amides is 2. The van der Waals surface area contributed by atoms with Gasteiger partial charge in [0.2, 0.25) is 5.89 Å². The van der Waals surface area contributed by atoms with Gasteiger partial charge in [0.05, 0.1) is 5.69 Å². The second kappa shape index (κ2) is 7.61. The molecule has 27 heavy (non-hydrogen) atoms. The molecule has 1 aliphatic rings. The molecule has 2 heterocycles. The number of carbonyl (C=O) groups excluding carboxylic acids is 1. The van der Waals surface area contributed by atoms with Crippen LogP contribution in [0.3, 0.4) is 0 Å². The molecule has 4 rings (SSSR count). The highest BCUT2D eigenvalue weighted by Crippen LogP contribution is 2.32. The minimum absolute atomic E-state index is 0.322. The van der Waals surface area contributed by atoms with Gasteiger partial charge in [0.1, 0.15) is 6.04 Å². The van der Waals surface area contributed by atoms with Crippen LogP contribution < -0.4 is 10.6 Å². The van der Waals surface area contributed by atoms with Crippen LogP contribution >= 0.6 is 0 Å². The molecule has 140 valence electrons. The van der Waals surface area contributed by atoms with Crippen LogP contribution in [-0.2, 0) is 0 Å². The number of benzene rings is 1.